The smallest absolute Gasteiger partial charge is 0.269 e. The summed E-state index contributed by atoms with van der Waals surface area (Å²) in [6.45, 7) is 0.675. The average molecular weight is 427 g/mol. The standard InChI is InChI=1S/C23H26FN3O4/c24-17-6-4-16(5-7-17)22-20-3-1-2-12-23(20,29)13-14-26(22)15-21(28)25-18-8-10-19(11-9-18)27(30)31/h4-11,20,22,29H,1-3,12-15H2,(H,25,28)/t20-,22+,23-/m1/s1. The van der Waals surface area contributed by atoms with Gasteiger partial charge in [-0.1, -0.05) is 25.0 Å². The molecule has 1 aliphatic carbocycles. The first-order valence-corrected chi connectivity index (χ1v) is 10.6. The van der Waals surface area contributed by atoms with Crippen molar-refractivity contribution in [3.63, 3.8) is 0 Å². The van der Waals surface area contributed by atoms with Crippen LogP contribution in [0.2, 0.25) is 0 Å². The number of benzene rings is 2. The van der Waals surface area contributed by atoms with E-state index in [1.165, 1.54) is 36.4 Å². The molecule has 2 aromatic rings. The number of amides is 1. The van der Waals surface area contributed by atoms with E-state index >= 15 is 0 Å². The van der Waals surface area contributed by atoms with E-state index in [-0.39, 0.29) is 35.9 Å². The highest BCUT2D eigenvalue weighted by Crippen LogP contribution is 2.49. The first-order chi connectivity index (χ1) is 14.9. The average Bonchev–Trinajstić information content (AvgIpc) is 2.75. The predicted molar refractivity (Wildman–Crippen MR) is 114 cm³/mol. The molecule has 0 bridgehead atoms. The highest BCUT2D eigenvalue weighted by atomic mass is 19.1. The number of nitrogens with one attached hydrogen (secondary N) is 1. The maximum atomic E-state index is 13.5. The van der Waals surface area contributed by atoms with Crippen LogP contribution in [-0.4, -0.2) is 39.5 Å². The number of carbonyl (C=O) groups is 1. The highest BCUT2D eigenvalue weighted by Gasteiger charge is 2.49. The fraction of sp³-hybridized carbons (Fsp3) is 0.435. The zero-order chi connectivity index (χ0) is 22.0. The Kier molecular flexibility index (Phi) is 6.02. The summed E-state index contributed by atoms with van der Waals surface area (Å²) >= 11 is 0. The Morgan fingerprint density at radius 1 is 1.16 bits per heavy atom. The number of nitrogens with zero attached hydrogens (tertiary/aromatic N) is 2. The minimum atomic E-state index is -0.761. The fourth-order valence-electron chi connectivity index (χ4n) is 5.07. The van der Waals surface area contributed by atoms with Crippen LogP contribution >= 0.6 is 0 Å². The highest BCUT2D eigenvalue weighted by molar-refractivity contribution is 5.92. The van der Waals surface area contributed by atoms with Crippen LogP contribution in [0.1, 0.15) is 43.7 Å². The molecule has 2 aliphatic rings. The van der Waals surface area contributed by atoms with Crippen LogP contribution in [0, 0.1) is 21.8 Å². The van der Waals surface area contributed by atoms with Gasteiger partial charge in [0.2, 0.25) is 5.91 Å². The maximum absolute atomic E-state index is 13.5. The number of rotatable bonds is 5. The summed E-state index contributed by atoms with van der Waals surface area (Å²) in [5, 5.41) is 24.9. The van der Waals surface area contributed by atoms with Crippen molar-refractivity contribution < 1.29 is 19.2 Å². The molecule has 1 heterocycles. The van der Waals surface area contributed by atoms with Crippen LogP contribution in [0.5, 0.6) is 0 Å². The van der Waals surface area contributed by atoms with Crippen LogP contribution < -0.4 is 5.32 Å². The molecule has 1 saturated carbocycles. The molecule has 0 aromatic heterocycles. The van der Waals surface area contributed by atoms with Crippen molar-refractivity contribution in [3.8, 4) is 0 Å². The summed E-state index contributed by atoms with van der Waals surface area (Å²) in [6.07, 6.45) is 4.22. The van der Waals surface area contributed by atoms with Gasteiger partial charge >= 0.3 is 0 Å². The van der Waals surface area contributed by atoms with Gasteiger partial charge in [-0.15, -0.1) is 0 Å². The summed E-state index contributed by atoms with van der Waals surface area (Å²) < 4.78 is 13.5. The number of nitro benzene ring substituents is 1. The molecule has 2 aromatic carbocycles. The first-order valence-electron chi connectivity index (χ1n) is 10.6. The van der Waals surface area contributed by atoms with Gasteiger partial charge in [0, 0.05) is 36.3 Å². The van der Waals surface area contributed by atoms with Crippen LogP contribution in [0.25, 0.3) is 0 Å². The van der Waals surface area contributed by atoms with Gasteiger partial charge in [0.25, 0.3) is 5.69 Å². The maximum Gasteiger partial charge on any atom is 0.269 e. The van der Waals surface area contributed by atoms with Crippen LogP contribution in [0.15, 0.2) is 48.5 Å². The van der Waals surface area contributed by atoms with Crippen molar-refractivity contribution in [2.24, 2.45) is 5.92 Å². The van der Waals surface area contributed by atoms with Crippen molar-refractivity contribution >= 4 is 17.3 Å². The lowest BCUT2D eigenvalue weighted by atomic mass is 9.66. The topological polar surface area (TPSA) is 95.7 Å². The van der Waals surface area contributed by atoms with Crippen LogP contribution in [0.3, 0.4) is 0 Å². The van der Waals surface area contributed by atoms with E-state index in [9.17, 15) is 24.4 Å². The molecule has 3 atom stereocenters. The summed E-state index contributed by atoms with van der Waals surface area (Å²) in [6, 6.07) is 11.8. The number of fused-ring (bicyclic) bond motifs is 1. The molecule has 1 aliphatic heterocycles. The van der Waals surface area contributed by atoms with Gasteiger partial charge in [0.05, 0.1) is 17.1 Å². The molecule has 0 spiro atoms. The van der Waals surface area contributed by atoms with Crippen molar-refractivity contribution in [2.75, 3.05) is 18.4 Å². The molecule has 4 rings (SSSR count). The van der Waals surface area contributed by atoms with Gasteiger partial charge in [-0.2, -0.15) is 0 Å². The van der Waals surface area contributed by atoms with E-state index in [1.54, 1.807) is 12.1 Å². The second-order valence-corrected chi connectivity index (χ2v) is 8.52. The summed E-state index contributed by atoms with van der Waals surface area (Å²) in [5.41, 5.74) is 0.583. The third-order valence-electron chi connectivity index (χ3n) is 6.59. The summed E-state index contributed by atoms with van der Waals surface area (Å²) in [4.78, 5) is 25.1. The van der Waals surface area contributed by atoms with Crippen molar-refractivity contribution in [1.29, 1.82) is 0 Å². The van der Waals surface area contributed by atoms with Crippen molar-refractivity contribution in [1.82, 2.24) is 4.90 Å². The molecular formula is C23H26FN3O4. The Hall–Kier alpha value is -2.84. The zero-order valence-electron chi connectivity index (χ0n) is 17.2. The van der Waals surface area contributed by atoms with Gasteiger partial charge in [0.1, 0.15) is 5.82 Å². The molecule has 0 radical (unpaired) electrons. The number of halogens is 1. The molecule has 2 fully saturated rings. The van der Waals surface area contributed by atoms with Gasteiger partial charge in [-0.05, 0) is 49.1 Å². The van der Waals surface area contributed by atoms with Gasteiger partial charge in [-0.25, -0.2) is 4.39 Å². The summed E-state index contributed by atoms with van der Waals surface area (Å²) in [5.74, 6) is -0.573. The zero-order valence-corrected chi connectivity index (χ0v) is 17.2. The number of piperidine rings is 1. The Morgan fingerprint density at radius 3 is 2.55 bits per heavy atom. The Morgan fingerprint density at radius 2 is 1.87 bits per heavy atom. The lowest BCUT2D eigenvalue weighted by Gasteiger charge is -2.52. The van der Waals surface area contributed by atoms with Crippen LogP contribution in [-0.2, 0) is 4.79 Å². The number of anilines is 1. The number of hydrogen-bond donors (Lipinski definition) is 2. The quantitative estimate of drug-likeness (QED) is 0.555. The lowest BCUT2D eigenvalue weighted by molar-refractivity contribution is -0.384. The van der Waals surface area contributed by atoms with E-state index in [4.69, 9.17) is 0 Å². The molecule has 31 heavy (non-hydrogen) atoms. The van der Waals surface area contributed by atoms with Crippen LogP contribution in [0.4, 0.5) is 15.8 Å². The minimum absolute atomic E-state index is 0.0207. The normalized spacial score (nSPS) is 26.1. The molecule has 1 amide bonds. The third-order valence-corrected chi connectivity index (χ3v) is 6.59. The fourth-order valence-corrected chi connectivity index (χ4v) is 5.07. The number of nitro groups is 1. The molecule has 7 nitrogen and oxygen atoms in total. The molecule has 1 saturated heterocycles. The minimum Gasteiger partial charge on any atom is -0.389 e. The van der Waals surface area contributed by atoms with Crippen molar-refractivity contribution in [2.45, 2.75) is 43.7 Å². The molecule has 0 unspecified atom stereocenters. The molecule has 8 heteroatoms. The third kappa shape index (κ3) is 4.60. The van der Waals surface area contributed by atoms with E-state index in [0.717, 1.165) is 31.2 Å². The van der Waals surface area contributed by atoms with Crippen molar-refractivity contribution in [3.05, 3.63) is 70.0 Å². The monoisotopic (exact) mass is 427 g/mol. The summed E-state index contributed by atoms with van der Waals surface area (Å²) in [7, 11) is 0. The number of likely N-dealkylation sites (tertiary alicyclic amines) is 1. The van der Waals surface area contributed by atoms with Gasteiger partial charge in [-0.3, -0.25) is 19.8 Å². The number of hydrogen-bond acceptors (Lipinski definition) is 5. The SMILES string of the molecule is O=C(CN1CC[C@]2(O)CCCC[C@@H]2[C@@H]1c1ccc(F)cc1)Nc1ccc([N+](=O)[O-])cc1. The second-order valence-electron chi connectivity index (χ2n) is 8.52. The Labute approximate surface area is 180 Å². The van der Waals surface area contributed by atoms with E-state index < -0.39 is 10.5 Å². The Balaban J connectivity index is 1.53. The van der Waals surface area contributed by atoms with Gasteiger partial charge < -0.3 is 10.4 Å². The van der Waals surface area contributed by atoms with E-state index in [2.05, 4.69) is 10.2 Å². The molecular weight excluding hydrogens is 401 g/mol. The molecule has 2 N–H and O–H groups in total. The van der Waals surface area contributed by atoms with Gasteiger partial charge in [0.15, 0.2) is 0 Å². The second kappa shape index (κ2) is 8.72. The number of carbonyl (C=O) groups excluding carboxylic acids is 1. The lowest BCUT2D eigenvalue weighted by Crippen LogP contribution is -2.56. The number of aliphatic hydroxyl groups is 1. The largest absolute Gasteiger partial charge is 0.389 e. The van der Waals surface area contributed by atoms with E-state index in [0.29, 0.717) is 18.7 Å². The first kappa shape index (κ1) is 21.4. The Bertz CT molecular complexity index is 950. The predicted octanol–water partition coefficient (Wildman–Crippen LogP) is 4.04. The molecule has 164 valence electrons. The van der Waals surface area contributed by atoms with E-state index in [1.807, 2.05) is 0 Å². The number of non-ortho nitro benzene ring substituents is 1.